The van der Waals surface area contributed by atoms with Crippen LogP contribution >= 0.6 is 11.6 Å². The number of hydrogen-bond donors (Lipinski definition) is 0. The highest BCUT2D eigenvalue weighted by Crippen LogP contribution is 2.22. The van der Waals surface area contributed by atoms with E-state index in [1.807, 2.05) is 36.4 Å². The Morgan fingerprint density at radius 3 is 2.62 bits per heavy atom. The molecule has 104 valence electrons. The van der Waals surface area contributed by atoms with Crippen LogP contribution in [-0.2, 0) is 6.54 Å². The van der Waals surface area contributed by atoms with Crippen LogP contribution < -0.4 is 0 Å². The zero-order valence-electron chi connectivity index (χ0n) is 11.1. The molecule has 3 aromatic rings. The number of carbonyl (C=O) groups excluding carboxylic acids is 1. The summed E-state index contributed by atoms with van der Waals surface area (Å²) in [7, 11) is 0. The Morgan fingerprint density at radius 2 is 1.90 bits per heavy atom. The Labute approximate surface area is 127 Å². The molecule has 0 saturated carbocycles. The van der Waals surface area contributed by atoms with E-state index in [4.69, 9.17) is 11.6 Å². The van der Waals surface area contributed by atoms with E-state index >= 15 is 0 Å². The molecule has 0 spiro atoms. The summed E-state index contributed by atoms with van der Waals surface area (Å²) in [6.45, 7) is 0.519. The first-order valence-corrected chi connectivity index (χ1v) is 6.82. The topological polar surface area (TPSA) is 47.8 Å². The molecule has 2 aromatic heterocycles. The second-order valence-electron chi connectivity index (χ2n) is 4.58. The molecule has 0 aliphatic rings. The minimum absolute atomic E-state index is 0.519. The van der Waals surface area contributed by atoms with Crippen LogP contribution in [0.2, 0.25) is 5.02 Å². The Morgan fingerprint density at radius 1 is 1.14 bits per heavy atom. The predicted octanol–water partition coefficient (Wildman–Crippen LogP) is 3.46. The predicted molar refractivity (Wildman–Crippen MR) is 81.4 cm³/mol. The molecule has 0 radical (unpaired) electrons. The number of nitrogens with zero attached hydrogens (tertiary/aromatic N) is 3. The van der Waals surface area contributed by atoms with Crippen LogP contribution in [0.5, 0.6) is 0 Å². The highest BCUT2D eigenvalue weighted by atomic mass is 35.5. The number of pyridine rings is 1. The van der Waals surface area contributed by atoms with Gasteiger partial charge in [-0.1, -0.05) is 29.8 Å². The molecule has 2 heterocycles. The van der Waals surface area contributed by atoms with Crippen molar-refractivity contribution >= 4 is 17.9 Å². The van der Waals surface area contributed by atoms with Crippen molar-refractivity contribution in [3.05, 3.63) is 71.1 Å². The third-order valence-corrected chi connectivity index (χ3v) is 3.53. The Kier molecular flexibility index (Phi) is 3.79. The Balaban J connectivity index is 1.97. The van der Waals surface area contributed by atoms with Gasteiger partial charge in [0.1, 0.15) is 5.69 Å². The maximum absolute atomic E-state index is 11.2. The molecule has 3 rings (SSSR count). The molecule has 0 unspecified atom stereocenters. The fourth-order valence-electron chi connectivity index (χ4n) is 2.14. The minimum Gasteiger partial charge on any atom is -0.298 e. The van der Waals surface area contributed by atoms with E-state index in [1.165, 1.54) is 0 Å². The monoisotopic (exact) mass is 297 g/mol. The lowest BCUT2D eigenvalue weighted by atomic mass is 10.1. The normalized spacial score (nSPS) is 10.5. The molecule has 0 bridgehead atoms. The van der Waals surface area contributed by atoms with Gasteiger partial charge in [-0.15, -0.1) is 0 Å². The van der Waals surface area contributed by atoms with Crippen molar-refractivity contribution in [1.82, 2.24) is 14.8 Å². The van der Waals surface area contributed by atoms with Crippen LogP contribution in [0.15, 0.2) is 55.0 Å². The number of aromatic nitrogens is 3. The van der Waals surface area contributed by atoms with Crippen molar-refractivity contribution in [2.24, 2.45) is 0 Å². The van der Waals surface area contributed by atoms with E-state index in [0.29, 0.717) is 22.8 Å². The smallest absolute Gasteiger partial charge is 0.153 e. The lowest BCUT2D eigenvalue weighted by Gasteiger charge is -2.04. The molecule has 0 N–H and O–H groups in total. The molecule has 4 nitrogen and oxygen atoms in total. The van der Waals surface area contributed by atoms with E-state index in [9.17, 15) is 4.79 Å². The van der Waals surface area contributed by atoms with E-state index in [1.54, 1.807) is 23.3 Å². The molecule has 0 atom stereocenters. The summed E-state index contributed by atoms with van der Waals surface area (Å²) in [6, 6.07) is 11.2. The van der Waals surface area contributed by atoms with Gasteiger partial charge >= 0.3 is 0 Å². The van der Waals surface area contributed by atoms with Gasteiger partial charge in [-0.05, 0) is 23.8 Å². The summed E-state index contributed by atoms with van der Waals surface area (Å²) >= 11 is 6.15. The fraction of sp³-hybridized carbons (Fsp3) is 0.0625. The summed E-state index contributed by atoms with van der Waals surface area (Å²) in [6.07, 6.45) is 5.89. The van der Waals surface area contributed by atoms with Gasteiger partial charge < -0.3 is 0 Å². The highest BCUT2D eigenvalue weighted by Gasteiger charge is 2.11. The summed E-state index contributed by atoms with van der Waals surface area (Å²) in [5.41, 5.74) is 3.03. The van der Waals surface area contributed by atoms with Crippen LogP contribution in [0.1, 0.15) is 15.9 Å². The lowest BCUT2D eigenvalue weighted by molar-refractivity contribution is 0.112. The summed E-state index contributed by atoms with van der Waals surface area (Å²) in [5, 5.41) is 5.17. The van der Waals surface area contributed by atoms with Crippen LogP contribution in [0.25, 0.3) is 11.3 Å². The van der Waals surface area contributed by atoms with Crippen molar-refractivity contribution < 1.29 is 4.79 Å². The van der Waals surface area contributed by atoms with E-state index in [2.05, 4.69) is 10.1 Å². The molecule has 0 saturated heterocycles. The third kappa shape index (κ3) is 2.85. The third-order valence-electron chi connectivity index (χ3n) is 3.16. The van der Waals surface area contributed by atoms with Crippen LogP contribution in [0.4, 0.5) is 0 Å². The van der Waals surface area contributed by atoms with Gasteiger partial charge in [-0.2, -0.15) is 5.10 Å². The van der Waals surface area contributed by atoms with Crippen LogP contribution in [-0.4, -0.2) is 21.1 Å². The second-order valence-corrected chi connectivity index (χ2v) is 4.98. The molecule has 0 aliphatic carbocycles. The number of benzene rings is 1. The van der Waals surface area contributed by atoms with Gasteiger partial charge in [0.2, 0.25) is 0 Å². The van der Waals surface area contributed by atoms with Crippen molar-refractivity contribution in [1.29, 1.82) is 0 Å². The molecule has 5 heteroatoms. The van der Waals surface area contributed by atoms with Crippen molar-refractivity contribution in [3.63, 3.8) is 0 Å². The van der Waals surface area contributed by atoms with E-state index < -0.39 is 0 Å². The Bertz CT molecular complexity index is 768. The maximum atomic E-state index is 11.2. The molecular weight excluding hydrogens is 286 g/mol. The Hall–Kier alpha value is -2.46. The minimum atomic E-state index is 0.519. The largest absolute Gasteiger partial charge is 0.298 e. The fourth-order valence-corrected chi connectivity index (χ4v) is 2.33. The standard InChI is InChI=1S/C16H12ClN3O/c17-15-4-2-1-3-13(15)9-20-10-14(11-21)16(19-20)12-5-7-18-8-6-12/h1-8,10-11H,9H2. The lowest BCUT2D eigenvalue weighted by Crippen LogP contribution is -2.00. The molecule has 0 fully saturated rings. The summed E-state index contributed by atoms with van der Waals surface area (Å²) < 4.78 is 1.72. The van der Waals surface area contributed by atoms with E-state index in [0.717, 1.165) is 17.4 Å². The average molecular weight is 298 g/mol. The molecular formula is C16H12ClN3O. The number of carbonyl (C=O) groups is 1. The SMILES string of the molecule is O=Cc1cn(Cc2ccccc2Cl)nc1-c1ccncc1. The number of rotatable bonds is 4. The van der Waals surface area contributed by atoms with Crippen molar-refractivity contribution in [2.75, 3.05) is 0 Å². The average Bonchev–Trinajstić information content (AvgIpc) is 2.93. The zero-order valence-corrected chi connectivity index (χ0v) is 11.9. The number of aldehydes is 1. The molecule has 21 heavy (non-hydrogen) atoms. The highest BCUT2D eigenvalue weighted by molar-refractivity contribution is 6.31. The van der Waals surface area contributed by atoms with Gasteiger partial charge in [-0.25, -0.2) is 0 Å². The zero-order chi connectivity index (χ0) is 14.7. The molecule has 1 aromatic carbocycles. The first-order chi connectivity index (χ1) is 10.3. The van der Waals surface area contributed by atoms with Gasteiger partial charge in [0.25, 0.3) is 0 Å². The number of hydrogen-bond acceptors (Lipinski definition) is 3. The van der Waals surface area contributed by atoms with Crippen molar-refractivity contribution in [3.8, 4) is 11.3 Å². The quantitative estimate of drug-likeness (QED) is 0.693. The summed E-state index contributed by atoms with van der Waals surface area (Å²) in [4.78, 5) is 15.2. The van der Waals surface area contributed by atoms with Crippen LogP contribution in [0.3, 0.4) is 0 Å². The van der Waals surface area contributed by atoms with Gasteiger partial charge in [-0.3, -0.25) is 14.5 Å². The van der Waals surface area contributed by atoms with Crippen LogP contribution in [0, 0.1) is 0 Å². The van der Waals surface area contributed by atoms with Crippen molar-refractivity contribution in [2.45, 2.75) is 6.54 Å². The number of halogens is 1. The first-order valence-electron chi connectivity index (χ1n) is 6.44. The van der Waals surface area contributed by atoms with Gasteiger partial charge in [0.05, 0.1) is 12.1 Å². The first kappa shape index (κ1) is 13.5. The van der Waals surface area contributed by atoms with Gasteiger partial charge in [0.15, 0.2) is 6.29 Å². The van der Waals surface area contributed by atoms with Gasteiger partial charge in [0, 0.05) is 29.2 Å². The second kappa shape index (κ2) is 5.89. The molecule has 0 amide bonds. The molecule has 0 aliphatic heterocycles. The maximum Gasteiger partial charge on any atom is 0.153 e. The van der Waals surface area contributed by atoms with E-state index in [-0.39, 0.29) is 0 Å². The summed E-state index contributed by atoms with van der Waals surface area (Å²) in [5.74, 6) is 0.